The van der Waals surface area contributed by atoms with Crippen molar-refractivity contribution < 1.29 is 9.21 Å². The van der Waals surface area contributed by atoms with E-state index in [0.29, 0.717) is 19.5 Å². The lowest BCUT2D eigenvalue weighted by Crippen LogP contribution is -2.21. The first-order valence-corrected chi connectivity index (χ1v) is 6.76. The number of hydrogen-bond donors (Lipinski definition) is 2. The van der Waals surface area contributed by atoms with Gasteiger partial charge in [0.1, 0.15) is 5.76 Å². The topological polar surface area (TPSA) is 54.3 Å². The third-order valence-corrected chi connectivity index (χ3v) is 3.29. The highest BCUT2D eigenvalue weighted by Gasteiger charge is 2.05. The maximum atomic E-state index is 11.9. The highest BCUT2D eigenvalue weighted by Crippen LogP contribution is 2.17. The molecule has 0 aliphatic heterocycles. The molecule has 2 N–H and O–H groups in total. The average molecular weight is 272 g/mol. The van der Waals surface area contributed by atoms with Crippen molar-refractivity contribution in [2.24, 2.45) is 0 Å². The van der Waals surface area contributed by atoms with Gasteiger partial charge in [-0.2, -0.15) is 0 Å². The molecule has 2 aromatic rings. The quantitative estimate of drug-likeness (QED) is 0.795. The van der Waals surface area contributed by atoms with Crippen LogP contribution in [0.3, 0.4) is 0 Å². The Bertz CT molecular complexity index is 562. The largest absolute Gasteiger partial charge is 0.468 e. The van der Waals surface area contributed by atoms with Crippen LogP contribution >= 0.6 is 0 Å². The summed E-state index contributed by atoms with van der Waals surface area (Å²) in [5, 5.41) is 6.12. The molecule has 4 nitrogen and oxygen atoms in total. The molecule has 4 heteroatoms. The first-order valence-electron chi connectivity index (χ1n) is 6.76. The Morgan fingerprint density at radius 2 is 2.05 bits per heavy atom. The second kappa shape index (κ2) is 6.91. The molecule has 0 radical (unpaired) electrons. The van der Waals surface area contributed by atoms with E-state index in [0.717, 1.165) is 17.0 Å². The van der Waals surface area contributed by atoms with E-state index < -0.39 is 0 Å². The fourth-order valence-electron chi connectivity index (χ4n) is 1.93. The summed E-state index contributed by atoms with van der Waals surface area (Å²) in [6, 6.07) is 9.67. The second-order valence-electron chi connectivity index (χ2n) is 4.80. The zero-order valence-electron chi connectivity index (χ0n) is 11.9. The van der Waals surface area contributed by atoms with E-state index in [1.54, 1.807) is 6.26 Å². The van der Waals surface area contributed by atoms with E-state index in [9.17, 15) is 4.79 Å². The van der Waals surface area contributed by atoms with Crippen molar-refractivity contribution in [3.05, 3.63) is 53.5 Å². The second-order valence-corrected chi connectivity index (χ2v) is 4.80. The van der Waals surface area contributed by atoms with Gasteiger partial charge in [0.2, 0.25) is 5.91 Å². The van der Waals surface area contributed by atoms with Crippen LogP contribution in [0.5, 0.6) is 0 Å². The Kier molecular flexibility index (Phi) is 4.96. The summed E-state index contributed by atoms with van der Waals surface area (Å²) in [7, 11) is 0. The average Bonchev–Trinajstić information content (AvgIpc) is 2.93. The van der Waals surface area contributed by atoms with E-state index >= 15 is 0 Å². The molecule has 20 heavy (non-hydrogen) atoms. The number of anilines is 1. The zero-order valence-corrected chi connectivity index (χ0v) is 11.9. The maximum Gasteiger partial charge on any atom is 0.225 e. The van der Waals surface area contributed by atoms with E-state index in [2.05, 4.69) is 10.6 Å². The van der Waals surface area contributed by atoms with Crippen LogP contribution in [0.25, 0.3) is 0 Å². The number of amides is 1. The summed E-state index contributed by atoms with van der Waals surface area (Å²) < 4.78 is 5.20. The molecule has 1 heterocycles. The van der Waals surface area contributed by atoms with Crippen LogP contribution in [0.4, 0.5) is 5.69 Å². The van der Waals surface area contributed by atoms with Crippen LogP contribution in [0, 0.1) is 13.8 Å². The molecule has 0 bridgehead atoms. The first kappa shape index (κ1) is 14.3. The van der Waals surface area contributed by atoms with Crippen molar-refractivity contribution in [2.45, 2.75) is 26.8 Å². The number of furan rings is 1. The van der Waals surface area contributed by atoms with Crippen molar-refractivity contribution in [1.82, 2.24) is 5.32 Å². The van der Waals surface area contributed by atoms with Gasteiger partial charge in [0.15, 0.2) is 0 Å². The van der Waals surface area contributed by atoms with Gasteiger partial charge < -0.3 is 15.1 Å². The molecule has 1 aromatic heterocycles. The number of carbonyl (C=O) groups is 1. The number of hydrogen-bond acceptors (Lipinski definition) is 3. The van der Waals surface area contributed by atoms with E-state index in [-0.39, 0.29) is 5.91 Å². The van der Waals surface area contributed by atoms with E-state index in [4.69, 9.17) is 4.42 Å². The number of aryl methyl sites for hydroxylation is 1. The molecular weight excluding hydrogens is 252 g/mol. The van der Waals surface area contributed by atoms with Gasteiger partial charge in [0, 0.05) is 18.7 Å². The fourth-order valence-corrected chi connectivity index (χ4v) is 1.93. The lowest BCUT2D eigenvalue weighted by Gasteiger charge is -2.10. The Balaban J connectivity index is 1.74. The van der Waals surface area contributed by atoms with Gasteiger partial charge in [0.25, 0.3) is 0 Å². The summed E-state index contributed by atoms with van der Waals surface area (Å²) >= 11 is 0. The summed E-state index contributed by atoms with van der Waals surface area (Å²) in [5.41, 5.74) is 3.18. The minimum absolute atomic E-state index is 0.0191. The normalized spacial score (nSPS) is 10.5. The van der Waals surface area contributed by atoms with Gasteiger partial charge in [0.05, 0.1) is 12.8 Å². The first-order chi connectivity index (χ1) is 9.66. The van der Waals surface area contributed by atoms with Gasteiger partial charge in [-0.15, -0.1) is 0 Å². The predicted octanol–water partition coefficient (Wildman–Crippen LogP) is 3.01. The molecule has 1 amide bonds. The summed E-state index contributed by atoms with van der Waals surface area (Å²) in [4.78, 5) is 11.9. The van der Waals surface area contributed by atoms with Crippen LogP contribution in [0.15, 0.2) is 41.0 Å². The monoisotopic (exact) mass is 272 g/mol. The SMILES string of the molecule is Cc1cccc(NC(=O)CCNCc2ccco2)c1C. The molecular formula is C16H20N2O2. The Morgan fingerprint density at radius 1 is 1.20 bits per heavy atom. The van der Waals surface area contributed by atoms with Crippen molar-refractivity contribution in [3.8, 4) is 0 Å². The van der Waals surface area contributed by atoms with Crippen LogP contribution in [0.1, 0.15) is 23.3 Å². The Morgan fingerprint density at radius 3 is 2.80 bits per heavy atom. The molecule has 0 atom stereocenters. The number of nitrogens with one attached hydrogen (secondary N) is 2. The molecule has 0 fully saturated rings. The lowest BCUT2D eigenvalue weighted by molar-refractivity contribution is -0.116. The summed E-state index contributed by atoms with van der Waals surface area (Å²) in [6.45, 7) is 5.32. The summed E-state index contributed by atoms with van der Waals surface area (Å²) in [6.07, 6.45) is 2.08. The molecule has 0 saturated heterocycles. The molecule has 2 rings (SSSR count). The van der Waals surface area contributed by atoms with E-state index in [1.807, 2.05) is 44.2 Å². The lowest BCUT2D eigenvalue weighted by atomic mass is 10.1. The van der Waals surface area contributed by atoms with Crippen LogP contribution in [-0.2, 0) is 11.3 Å². The van der Waals surface area contributed by atoms with Crippen LogP contribution in [-0.4, -0.2) is 12.5 Å². The number of carbonyl (C=O) groups excluding carboxylic acids is 1. The molecule has 0 spiro atoms. The molecule has 0 unspecified atom stereocenters. The highest BCUT2D eigenvalue weighted by molar-refractivity contribution is 5.91. The Hall–Kier alpha value is -2.07. The standard InChI is InChI=1S/C16H20N2O2/c1-12-5-3-7-15(13(12)2)18-16(19)8-9-17-11-14-6-4-10-20-14/h3-7,10,17H,8-9,11H2,1-2H3,(H,18,19). The third kappa shape index (κ3) is 3.96. The molecule has 1 aromatic carbocycles. The van der Waals surface area contributed by atoms with Gasteiger partial charge in [-0.1, -0.05) is 12.1 Å². The van der Waals surface area contributed by atoms with Gasteiger partial charge in [-0.05, 0) is 43.2 Å². The number of rotatable bonds is 6. The van der Waals surface area contributed by atoms with Gasteiger partial charge >= 0.3 is 0 Å². The van der Waals surface area contributed by atoms with E-state index in [1.165, 1.54) is 5.56 Å². The molecule has 0 aliphatic rings. The minimum Gasteiger partial charge on any atom is -0.468 e. The van der Waals surface area contributed by atoms with Crippen molar-refractivity contribution in [3.63, 3.8) is 0 Å². The number of benzene rings is 1. The smallest absolute Gasteiger partial charge is 0.225 e. The Labute approximate surface area is 119 Å². The predicted molar refractivity (Wildman–Crippen MR) is 79.6 cm³/mol. The third-order valence-electron chi connectivity index (χ3n) is 3.29. The van der Waals surface area contributed by atoms with Crippen molar-refractivity contribution in [1.29, 1.82) is 0 Å². The molecule has 106 valence electrons. The molecule has 0 aliphatic carbocycles. The van der Waals surface area contributed by atoms with Crippen molar-refractivity contribution in [2.75, 3.05) is 11.9 Å². The minimum atomic E-state index is 0.0191. The fraction of sp³-hybridized carbons (Fsp3) is 0.312. The zero-order chi connectivity index (χ0) is 14.4. The maximum absolute atomic E-state index is 11.9. The van der Waals surface area contributed by atoms with Crippen LogP contribution < -0.4 is 10.6 Å². The van der Waals surface area contributed by atoms with Gasteiger partial charge in [-0.25, -0.2) is 0 Å². The summed E-state index contributed by atoms with van der Waals surface area (Å²) in [5.74, 6) is 0.894. The van der Waals surface area contributed by atoms with Crippen molar-refractivity contribution >= 4 is 11.6 Å². The van der Waals surface area contributed by atoms with Crippen LogP contribution in [0.2, 0.25) is 0 Å². The molecule has 0 saturated carbocycles. The van der Waals surface area contributed by atoms with Gasteiger partial charge in [-0.3, -0.25) is 4.79 Å². The highest BCUT2D eigenvalue weighted by atomic mass is 16.3.